The van der Waals surface area contributed by atoms with Crippen LogP contribution < -0.4 is 10.1 Å². The molecule has 1 heterocycles. The summed E-state index contributed by atoms with van der Waals surface area (Å²) >= 11 is 0. The Morgan fingerprint density at radius 1 is 1.33 bits per heavy atom. The van der Waals surface area contributed by atoms with Crippen LogP contribution in [0.15, 0.2) is 0 Å². The van der Waals surface area contributed by atoms with Gasteiger partial charge in [0.25, 0.3) is 0 Å². The first-order valence-electron chi connectivity index (χ1n) is 6.30. The smallest absolute Gasteiger partial charge is 0.216 e. The van der Waals surface area contributed by atoms with E-state index < -0.39 is 0 Å². The van der Waals surface area contributed by atoms with Crippen molar-refractivity contribution in [2.75, 3.05) is 20.8 Å². The van der Waals surface area contributed by atoms with E-state index in [-0.39, 0.29) is 0 Å². The Morgan fingerprint density at radius 3 is 2.50 bits per heavy atom. The lowest BCUT2D eigenvalue weighted by atomic mass is 10.1. The highest BCUT2D eigenvalue weighted by atomic mass is 16.5. The van der Waals surface area contributed by atoms with Crippen LogP contribution >= 0.6 is 0 Å². The Hall–Kier alpha value is -1.07. The Kier molecular flexibility index (Phi) is 5.62. The molecule has 0 radical (unpaired) electrons. The second kappa shape index (κ2) is 6.75. The van der Waals surface area contributed by atoms with E-state index in [4.69, 9.17) is 9.47 Å². The Balaban J connectivity index is 2.72. The zero-order chi connectivity index (χ0) is 13.7. The number of hydrogen-bond acceptors (Lipinski definition) is 4. The summed E-state index contributed by atoms with van der Waals surface area (Å²) in [6.07, 6.45) is 0. The molecule has 0 saturated heterocycles. The molecule has 1 rings (SSSR count). The average Bonchev–Trinajstić information content (AvgIpc) is 2.58. The van der Waals surface area contributed by atoms with E-state index >= 15 is 0 Å². The third-order valence-corrected chi connectivity index (χ3v) is 3.17. The van der Waals surface area contributed by atoms with Crippen LogP contribution in [0.4, 0.5) is 0 Å². The van der Waals surface area contributed by atoms with Crippen molar-refractivity contribution in [1.82, 2.24) is 15.1 Å². The highest BCUT2D eigenvalue weighted by Crippen LogP contribution is 2.20. The Labute approximate surface area is 109 Å². The molecule has 0 amide bonds. The van der Waals surface area contributed by atoms with Gasteiger partial charge in [-0.2, -0.15) is 5.10 Å². The Morgan fingerprint density at radius 2 is 2.00 bits per heavy atom. The first kappa shape index (κ1) is 15.0. The lowest BCUT2D eigenvalue weighted by molar-refractivity contribution is 0.146. The predicted octanol–water partition coefficient (Wildman–Crippen LogP) is 1.50. The van der Waals surface area contributed by atoms with Crippen LogP contribution in [-0.2, 0) is 18.3 Å². The van der Waals surface area contributed by atoms with Gasteiger partial charge >= 0.3 is 0 Å². The van der Waals surface area contributed by atoms with Crippen LogP contribution in [0.5, 0.6) is 5.88 Å². The van der Waals surface area contributed by atoms with Crippen molar-refractivity contribution in [2.24, 2.45) is 13.0 Å². The molecule has 0 aliphatic carbocycles. The number of ether oxygens (including phenoxy) is 2. The predicted molar refractivity (Wildman–Crippen MR) is 71.8 cm³/mol. The summed E-state index contributed by atoms with van der Waals surface area (Å²) in [4.78, 5) is 0. The summed E-state index contributed by atoms with van der Waals surface area (Å²) in [7, 11) is 5.30. The summed E-state index contributed by atoms with van der Waals surface area (Å²) in [5, 5.41) is 7.88. The average molecular weight is 255 g/mol. The molecule has 18 heavy (non-hydrogen) atoms. The van der Waals surface area contributed by atoms with E-state index in [1.807, 2.05) is 14.0 Å². The highest BCUT2D eigenvalue weighted by Gasteiger charge is 2.17. The van der Waals surface area contributed by atoms with E-state index in [0.29, 0.717) is 18.6 Å². The molecule has 1 N–H and O–H groups in total. The van der Waals surface area contributed by atoms with Gasteiger partial charge in [0, 0.05) is 26.7 Å². The molecule has 0 saturated carbocycles. The summed E-state index contributed by atoms with van der Waals surface area (Å²) in [6, 6.07) is 0.333. The highest BCUT2D eigenvalue weighted by molar-refractivity contribution is 5.30. The molecule has 0 spiro atoms. The second-order valence-electron chi connectivity index (χ2n) is 4.88. The van der Waals surface area contributed by atoms with Crippen molar-refractivity contribution in [2.45, 2.75) is 33.4 Å². The number of nitrogens with zero attached hydrogens (tertiary/aromatic N) is 2. The lowest BCUT2D eigenvalue weighted by Gasteiger charge is -2.21. The van der Waals surface area contributed by atoms with Crippen molar-refractivity contribution in [3.05, 3.63) is 11.3 Å². The molecule has 0 aromatic carbocycles. The van der Waals surface area contributed by atoms with Crippen molar-refractivity contribution >= 4 is 0 Å². The summed E-state index contributed by atoms with van der Waals surface area (Å²) in [5.41, 5.74) is 2.11. The lowest BCUT2D eigenvalue weighted by Crippen LogP contribution is -2.37. The van der Waals surface area contributed by atoms with Gasteiger partial charge in [-0.05, 0) is 12.8 Å². The third-order valence-electron chi connectivity index (χ3n) is 3.17. The van der Waals surface area contributed by atoms with Crippen molar-refractivity contribution < 1.29 is 9.47 Å². The second-order valence-corrected chi connectivity index (χ2v) is 4.88. The molecule has 1 unspecified atom stereocenters. The Bertz CT molecular complexity index is 375. The van der Waals surface area contributed by atoms with Gasteiger partial charge in [0.1, 0.15) is 0 Å². The van der Waals surface area contributed by atoms with Crippen LogP contribution in [0, 0.1) is 12.8 Å². The number of rotatable bonds is 7. The van der Waals surface area contributed by atoms with Crippen molar-refractivity contribution in [3.63, 3.8) is 0 Å². The molecule has 0 aliphatic heterocycles. The fraction of sp³-hybridized carbons (Fsp3) is 0.769. The van der Waals surface area contributed by atoms with E-state index in [0.717, 1.165) is 23.7 Å². The van der Waals surface area contributed by atoms with Gasteiger partial charge < -0.3 is 14.8 Å². The van der Waals surface area contributed by atoms with Crippen LogP contribution in [-0.4, -0.2) is 36.6 Å². The fourth-order valence-electron chi connectivity index (χ4n) is 2.04. The minimum absolute atomic E-state index is 0.333. The molecule has 104 valence electrons. The minimum Gasteiger partial charge on any atom is -0.481 e. The molecular weight excluding hydrogens is 230 g/mol. The molecule has 5 nitrogen and oxygen atoms in total. The topological polar surface area (TPSA) is 48.3 Å². The number of nitrogens with one attached hydrogen (secondary N) is 1. The molecule has 0 fully saturated rings. The molecule has 5 heteroatoms. The van der Waals surface area contributed by atoms with Gasteiger partial charge in [0.2, 0.25) is 5.88 Å². The molecule has 1 aromatic heterocycles. The van der Waals surface area contributed by atoms with Crippen LogP contribution in [0.3, 0.4) is 0 Å². The van der Waals surface area contributed by atoms with Gasteiger partial charge in [0.05, 0.1) is 25.0 Å². The maximum absolute atomic E-state index is 5.38. The number of aromatic nitrogens is 2. The van der Waals surface area contributed by atoms with Gasteiger partial charge in [0.15, 0.2) is 0 Å². The molecular formula is C13H25N3O2. The first-order valence-corrected chi connectivity index (χ1v) is 6.30. The molecule has 0 aliphatic rings. The van der Waals surface area contributed by atoms with E-state index in [2.05, 4.69) is 24.3 Å². The normalized spacial score (nSPS) is 13.1. The van der Waals surface area contributed by atoms with E-state index in [9.17, 15) is 0 Å². The quantitative estimate of drug-likeness (QED) is 0.802. The maximum Gasteiger partial charge on any atom is 0.216 e. The number of methoxy groups -OCH3 is 2. The molecule has 0 bridgehead atoms. The zero-order valence-corrected chi connectivity index (χ0v) is 12.3. The molecule has 1 atom stereocenters. The summed E-state index contributed by atoms with van der Waals surface area (Å²) < 4.78 is 12.4. The van der Waals surface area contributed by atoms with Gasteiger partial charge in [-0.1, -0.05) is 13.8 Å². The van der Waals surface area contributed by atoms with Gasteiger partial charge in [-0.3, -0.25) is 0 Å². The van der Waals surface area contributed by atoms with Gasteiger partial charge in [-0.25, -0.2) is 4.68 Å². The van der Waals surface area contributed by atoms with Crippen LogP contribution in [0.25, 0.3) is 0 Å². The molecule has 1 aromatic rings. The van der Waals surface area contributed by atoms with Crippen LogP contribution in [0.1, 0.15) is 25.1 Å². The number of aryl methyl sites for hydroxylation is 2. The monoisotopic (exact) mass is 255 g/mol. The first-order chi connectivity index (χ1) is 8.51. The summed E-state index contributed by atoms with van der Waals surface area (Å²) in [5.74, 6) is 1.34. The largest absolute Gasteiger partial charge is 0.481 e. The zero-order valence-electron chi connectivity index (χ0n) is 12.3. The van der Waals surface area contributed by atoms with Crippen LogP contribution in [0.2, 0.25) is 0 Å². The third kappa shape index (κ3) is 3.46. The number of hydrogen-bond donors (Lipinski definition) is 1. The fourth-order valence-corrected chi connectivity index (χ4v) is 2.04. The van der Waals surface area contributed by atoms with Crippen molar-refractivity contribution in [3.8, 4) is 5.88 Å². The minimum atomic E-state index is 0.333. The standard InChI is InChI=1S/C13H25N3O2/c1-9(2)12(8-17-5)14-7-11-10(3)15-16(4)13(11)18-6/h9,12,14H,7-8H2,1-6H3. The SMILES string of the molecule is COCC(NCc1c(C)nn(C)c1OC)C(C)C. The van der Waals surface area contributed by atoms with E-state index in [1.54, 1.807) is 18.9 Å². The van der Waals surface area contributed by atoms with Gasteiger partial charge in [-0.15, -0.1) is 0 Å². The van der Waals surface area contributed by atoms with Crippen molar-refractivity contribution in [1.29, 1.82) is 0 Å². The maximum atomic E-state index is 5.38. The summed E-state index contributed by atoms with van der Waals surface area (Å²) in [6.45, 7) is 7.82. The van der Waals surface area contributed by atoms with E-state index in [1.165, 1.54) is 0 Å².